The molecule has 0 aliphatic rings. The maximum Gasteiger partial charge on any atom is 0.335 e. The van der Waals surface area contributed by atoms with Crippen molar-refractivity contribution in [2.45, 2.75) is 18.7 Å². The first kappa shape index (κ1) is 22.2. The average Bonchev–Trinajstić information content (AvgIpc) is 3.10. The van der Waals surface area contributed by atoms with E-state index in [2.05, 4.69) is 15.5 Å². The van der Waals surface area contributed by atoms with Crippen LogP contribution in [-0.2, 0) is 18.4 Å². The number of methoxy groups -OCH3 is 1. The minimum absolute atomic E-state index is 0.0932. The fourth-order valence-electron chi connectivity index (χ4n) is 2.69. The van der Waals surface area contributed by atoms with Crippen LogP contribution in [0.1, 0.15) is 21.7 Å². The van der Waals surface area contributed by atoms with Gasteiger partial charge in [-0.3, -0.25) is 4.79 Å². The van der Waals surface area contributed by atoms with Crippen LogP contribution in [0.15, 0.2) is 47.6 Å². The second-order valence-corrected chi connectivity index (χ2v) is 7.57. The van der Waals surface area contributed by atoms with Gasteiger partial charge < -0.3 is 24.5 Å². The molecule has 31 heavy (non-hydrogen) atoms. The number of hydrogen-bond donors (Lipinski definition) is 2. The number of amides is 1. The van der Waals surface area contributed by atoms with Gasteiger partial charge in [0.2, 0.25) is 5.91 Å². The number of aromatic nitrogens is 3. The first-order chi connectivity index (χ1) is 14.9. The zero-order valence-electron chi connectivity index (χ0n) is 17.3. The largest absolute Gasteiger partial charge is 0.493 e. The molecule has 3 aromatic rings. The van der Waals surface area contributed by atoms with Crippen molar-refractivity contribution in [1.29, 1.82) is 0 Å². The molecule has 1 heterocycles. The first-order valence-electron chi connectivity index (χ1n) is 9.29. The number of hydrogen-bond acceptors (Lipinski definition) is 7. The standard InChI is InChI=1S/C21H22N4O5S/c1-13-7-8-16(17(9-13)29-3)30-11-18-23-24-21(25(18)2)31-12-19(26)22-15-6-4-5-14(10-15)20(27)28/h4-10H,11-12H2,1-3H3,(H,22,26)(H,27,28). The molecule has 2 aromatic carbocycles. The highest BCUT2D eigenvalue weighted by molar-refractivity contribution is 7.99. The highest BCUT2D eigenvalue weighted by atomic mass is 32.2. The molecule has 0 saturated heterocycles. The first-order valence-corrected chi connectivity index (χ1v) is 10.3. The van der Waals surface area contributed by atoms with Gasteiger partial charge in [0, 0.05) is 12.7 Å². The van der Waals surface area contributed by atoms with Gasteiger partial charge in [0.1, 0.15) is 6.61 Å². The van der Waals surface area contributed by atoms with Crippen molar-refractivity contribution in [2.75, 3.05) is 18.2 Å². The Morgan fingerprint density at radius 1 is 1.16 bits per heavy atom. The summed E-state index contributed by atoms with van der Waals surface area (Å²) in [7, 11) is 3.38. The molecule has 3 rings (SSSR count). The van der Waals surface area contributed by atoms with E-state index in [-0.39, 0.29) is 23.8 Å². The van der Waals surface area contributed by atoms with E-state index in [1.54, 1.807) is 30.9 Å². The molecular weight excluding hydrogens is 420 g/mol. The normalized spacial score (nSPS) is 10.5. The average molecular weight is 442 g/mol. The van der Waals surface area contributed by atoms with Crippen molar-refractivity contribution in [3.8, 4) is 11.5 Å². The number of nitrogens with one attached hydrogen (secondary N) is 1. The zero-order chi connectivity index (χ0) is 22.4. The van der Waals surface area contributed by atoms with Gasteiger partial charge >= 0.3 is 5.97 Å². The van der Waals surface area contributed by atoms with E-state index in [4.69, 9.17) is 14.6 Å². The Bertz CT molecular complexity index is 1100. The number of aryl methyl sites for hydroxylation is 1. The lowest BCUT2D eigenvalue weighted by Crippen LogP contribution is -2.15. The van der Waals surface area contributed by atoms with Gasteiger partial charge in [-0.25, -0.2) is 4.79 Å². The Hall–Kier alpha value is -3.53. The molecule has 0 aliphatic carbocycles. The number of carboxylic acids is 1. The topological polar surface area (TPSA) is 116 Å². The van der Waals surface area contributed by atoms with Crippen molar-refractivity contribution >= 4 is 29.3 Å². The Balaban J connectivity index is 1.56. The van der Waals surface area contributed by atoms with Gasteiger partial charge in [-0.05, 0) is 42.8 Å². The number of thioether (sulfide) groups is 1. The van der Waals surface area contributed by atoms with Crippen LogP contribution in [0.4, 0.5) is 5.69 Å². The summed E-state index contributed by atoms with van der Waals surface area (Å²) in [5, 5.41) is 20.5. The van der Waals surface area contributed by atoms with Gasteiger partial charge in [-0.1, -0.05) is 23.9 Å². The molecule has 0 unspecified atom stereocenters. The molecule has 2 N–H and O–H groups in total. The van der Waals surface area contributed by atoms with Crippen molar-refractivity contribution in [3.63, 3.8) is 0 Å². The van der Waals surface area contributed by atoms with Gasteiger partial charge in [0.05, 0.1) is 18.4 Å². The lowest BCUT2D eigenvalue weighted by Gasteiger charge is -2.11. The third-order valence-corrected chi connectivity index (χ3v) is 5.35. The number of rotatable bonds is 9. The van der Waals surface area contributed by atoms with E-state index in [1.165, 1.54) is 23.9 Å². The number of benzene rings is 2. The second-order valence-electron chi connectivity index (χ2n) is 6.62. The molecule has 1 aromatic heterocycles. The quantitative estimate of drug-likeness (QED) is 0.486. The van der Waals surface area contributed by atoms with E-state index in [0.717, 1.165) is 5.56 Å². The maximum atomic E-state index is 12.2. The molecule has 9 nitrogen and oxygen atoms in total. The molecule has 0 saturated carbocycles. The predicted octanol–water partition coefficient (Wildman–Crippen LogP) is 3.14. The summed E-state index contributed by atoms with van der Waals surface area (Å²) < 4.78 is 12.9. The van der Waals surface area contributed by atoms with Gasteiger partial charge in [-0.2, -0.15) is 0 Å². The molecule has 0 fully saturated rings. The van der Waals surface area contributed by atoms with Crippen LogP contribution in [0.5, 0.6) is 11.5 Å². The Kier molecular flexibility index (Phi) is 7.14. The molecule has 162 valence electrons. The minimum atomic E-state index is -1.05. The molecule has 1 amide bonds. The van der Waals surface area contributed by atoms with Gasteiger partial charge in [-0.15, -0.1) is 10.2 Å². The summed E-state index contributed by atoms with van der Waals surface area (Å²) in [6.07, 6.45) is 0. The highest BCUT2D eigenvalue weighted by Gasteiger charge is 2.14. The molecular formula is C21H22N4O5S. The van der Waals surface area contributed by atoms with Crippen LogP contribution >= 0.6 is 11.8 Å². The van der Waals surface area contributed by atoms with Gasteiger partial charge in [0.25, 0.3) is 0 Å². The number of aromatic carboxylic acids is 1. The van der Waals surface area contributed by atoms with Gasteiger partial charge in [0.15, 0.2) is 22.5 Å². The summed E-state index contributed by atoms with van der Waals surface area (Å²) in [6.45, 7) is 2.16. The van der Waals surface area contributed by atoms with Crippen LogP contribution < -0.4 is 14.8 Å². The zero-order valence-corrected chi connectivity index (χ0v) is 18.1. The minimum Gasteiger partial charge on any atom is -0.493 e. The van der Waals surface area contributed by atoms with Crippen molar-refractivity contribution in [1.82, 2.24) is 14.8 Å². The molecule has 10 heteroatoms. The number of carbonyl (C=O) groups is 2. The Labute approximate surface area is 183 Å². The summed E-state index contributed by atoms with van der Waals surface area (Å²) in [4.78, 5) is 23.3. The number of nitrogens with zero attached hydrogens (tertiary/aromatic N) is 3. The summed E-state index contributed by atoms with van der Waals surface area (Å²) in [5.74, 6) is 0.601. The third kappa shape index (κ3) is 5.76. The fraction of sp³-hybridized carbons (Fsp3) is 0.238. The lowest BCUT2D eigenvalue weighted by atomic mass is 10.2. The number of carboxylic acid groups (broad SMARTS) is 1. The van der Waals surface area contributed by atoms with Crippen molar-refractivity contribution in [3.05, 3.63) is 59.4 Å². The molecule has 0 atom stereocenters. The predicted molar refractivity (Wildman–Crippen MR) is 116 cm³/mol. The molecule has 0 radical (unpaired) electrons. The number of carbonyl (C=O) groups excluding carboxylic acids is 1. The Morgan fingerprint density at radius 3 is 2.71 bits per heavy atom. The summed E-state index contributed by atoms with van der Waals surface area (Å²) in [5.41, 5.74) is 1.59. The third-order valence-electron chi connectivity index (χ3n) is 4.33. The molecule has 0 bridgehead atoms. The molecule has 0 spiro atoms. The number of ether oxygens (including phenoxy) is 2. The van der Waals surface area contributed by atoms with E-state index < -0.39 is 5.97 Å². The van der Waals surface area contributed by atoms with E-state index >= 15 is 0 Å². The molecule has 0 aliphatic heterocycles. The Morgan fingerprint density at radius 2 is 1.97 bits per heavy atom. The van der Waals surface area contributed by atoms with Crippen LogP contribution in [0.3, 0.4) is 0 Å². The lowest BCUT2D eigenvalue weighted by molar-refractivity contribution is -0.113. The van der Waals surface area contributed by atoms with E-state index in [9.17, 15) is 9.59 Å². The smallest absolute Gasteiger partial charge is 0.335 e. The summed E-state index contributed by atoms with van der Waals surface area (Å²) >= 11 is 1.22. The van der Waals surface area contributed by atoms with Crippen LogP contribution in [-0.4, -0.2) is 44.6 Å². The monoisotopic (exact) mass is 442 g/mol. The van der Waals surface area contributed by atoms with Crippen molar-refractivity contribution in [2.24, 2.45) is 7.05 Å². The van der Waals surface area contributed by atoms with Crippen molar-refractivity contribution < 1.29 is 24.2 Å². The SMILES string of the molecule is COc1cc(C)ccc1OCc1nnc(SCC(=O)Nc2cccc(C(=O)O)c2)n1C. The van der Waals surface area contributed by atoms with E-state index in [0.29, 0.717) is 28.2 Å². The fourth-order valence-corrected chi connectivity index (χ4v) is 3.42. The maximum absolute atomic E-state index is 12.2. The second kappa shape index (κ2) is 9.98. The van der Waals surface area contributed by atoms with Crippen LogP contribution in [0.25, 0.3) is 0 Å². The van der Waals surface area contributed by atoms with E-state index in [1.807, 2.05) is 25.1 Å². The summed E-state index contributed by atoms with van der Waals surface area (Å²) in [6, 6.07) is 11.7. The number of anilines is 1. The highest BCUT2D eigenvalue weighted by Crippen LogP contribution is 2.28. The van der Waals surface area contributed by atoms with Crippen LogP contribution in [0.2, 0.25) is 0 Å². The van der Waals surface area contributed by atoms with Crippen LogP contribution in [0, 0.1) is 6.92 Å².